The van der Waals surface area contributed by atoms with Gasteiger partial charge in [-0.3, -0.25) is 9.59 Å². The van der Waals surface area contributed by atoms with Crippen LogP contribution in [-0.4, -0.2) is 40.4 Å². The molecule has 0 radical (unpaired) electrons. The minimum absolute atomic E-state index is 0.0703. The molecule has 6 nitrogen and oxygen atoms in total. The van der Waals surface area contributed by atoms with E-state index in [2.05, 4.69) is 5.32 Å². The number of carbonyl (C=O) groups excluding carboxylic acids is 2. The third-order valence-corrected chi connectivity index (χ3v) is 5.38. The van der Waals surface area contributed by atoms with Crippen molar-refractivity contribution in [3.8, 4) is 5.75 Å². The number of benzene rings is 2. The zero-order chi connectivity index (χ0) is 20.8. The number of amides is 2. The first-order valence-corrected chi connectivity index (χ1v) is 10.2. The molecule has 2 aromatic rings. The van der Waals surface area contributed by atoms with Gasteiger partial charge in [-0.1, -0.05) is 41.9 Å². The van der Waals surface area contributed by atoms with Crippen LogP contribution in [0.5, 0.6) is 5.75 Å². The van der Waals surface area contributed by atoms with Gasteiger partial charge in [0, 0.05) is 36.1 Å². The summed E-state index contributed by atoms with van der Waals surface area (Å²) in [5.74, 6) is -0.260. The van der Waals surface area contributed by atoms with Gasteiger partial charge in [-0.05, 0) is 43.0 Å². The molecule has 2 atom stereocenters. The lowest BCUT2D eigenvalue weighted by Gasteiger charge is -2.25. The molecule has 1 fully saturated rings. The summed E-state index contributed by atoms with van der Waals surface area (Å²) in [7, 11) is 0. The smallest absolute Gasteiger partial charge is 0.243 e. The molecular formula is C22H26ClN3O3. The van der Waals surface area contributed by atoms with Gasteiger partial charge in [0.05, 0.1) is 0 Å². The summed E-state index contributed by atoms with van der Waals surface area (Å²) < 4.78 is 0. The number of carbonyl (C=O) groups is 2. The van der Waals surface area contributed by atoms with E-state index in [1.54, 1.807) is 17.0 Å². The maximum atomic E-state index is 12.7. The molecular weight excluding hydrogens is 390 g/mol. The Bertz CT molecular complexity index is 860. The fraction of sp³-hybridized carbons (Fsp3) is 0.364. The standard InChI is InChI=1S/C22H26ClN3O3/c23-17-8-9-20(27)16(12-17)14-25-22(29)19-7-4-10-26(19)21(28)13-18(24)11-15-5-2-1-3-6-15/h1-3,5-6,8-9,12,18-19,27H,4,7,10-11,13-14,24H2,(H,25,29). The van der Waals surface area contributed by atoms with Crippen LogP contribution < -0.4 is 11.1 Å². The van der Waals surface area contributed by atoms with E-state index < -0.39 is 6.04 Å². The summed E-state index contributed by atoms with van der Waals surface area (Å²) in [6.07, 6.45) is 2.21. The van der Waals surface area contributed by atoms with Crippen LogP contribution in [0.25, 0.3) is 0 Å². The number of aromatic hydroxyl groups is 1. The monoisotopic (exact) mass is 415 g/mol. The summed E-state index contributed by atoms with van der Waals surface area (Å²) in [4.78, 5) is 27.0. The van der Waals surface area contributed by atoms with Crippen molar-refractivity contribution in [2.75, 3.05) is 6.54 Å². The minimum Gasteiger partial charge on any atom is -0.508 e. The third-order valence-electron chi connectivity index (χ3n) is 5.15. The second kappa shape index (κ2) is 9.76. The molecule has 2 amide bonds. The Morgan fingerprint density at radius 2 is 2.00 bits per heavy atom. The van der Waals surface area contributed by atoms with Gasteiger partial charge in [-0.25, -0.2) is 0 Å². The molecule has 1 aliphatic rings. The van der Waals surface area contributed by atoms with Crippen molar-refractivity contribution in [3.05, 3.63) is 64.7 Å². The van der Waals surface area contributed by atoms with E-state index in [9.17, 15) is 14.7 Å². The van der Waals surface area contributed by atoms with Crippen molar-refractivity contribution in [2.24, 2.45) is 5.73 Å². The molecule has 4 N–H and O–H groups in total. The number of likely N-dealkylation sites (tertiary alicyclic amines) is 1. The van der Waals surface area contributed by atoms with Crippen LogP contribution in [0.2, 0.25) is 5.02 Å². The Labute approximate surface area is 175 Å². The van der Waals surface area contributed by atoms with E-state index in [1.807, 2.05) is 30.3 Å². The molecule has 0 aliphatic carbocycles. The Morgan fingerprint density at radius 1 is 1.24 bits per heavy atom. The van der Waals surface area contributed by atoms with Crippen molar-refractivity contribution in [2.45, 2.75) is 44.3 Å². The predicted octanol–water partition coefficient (Wildman–Crippen LogP) is 2.61. The van der Waals surface area contributed by atoms with Gasteiger partial charge in [0.1, 0.15) is 11.8 Å². The lowest BCUT2D eigenvalue weighted by molar-refractivity contribution is -0.138. The minimum atomic E-state index is -0.507. The lowest BCUT2D eigenvalue weighted by Crippen LogP contribution is -2.47. The Balaban J connectivity index is 1.54. The van der Waals surface area contributed by atoms with Gasteiger partial charge in [0.15, 0.2) is 0 Å². The normalized spacial score (nSPS) is 17.2. The van der Waals surface area contributed by atoms with Crippen LogP contribution in [0.3, 0.4) is 0 Å². The molecule has 0 aromatic heterocycles. The Kier molecular flexibility index (Phi) is 7.12. The van der Waals surface area contributed by atoms with Crippen LogP contribution in [0, 0.1) is 0 Å². The van der Waals surface area contributed by atoms with Crippen molar-refractivity contribution >= 4 is 23.4 Å². The first kappa shape index (κ1) is 21.1. The van der Waals surface area contributed by atoms with Crippen LogP contribution >= 0.6 is 11.6 Å². The average Bonchev–Trinajstić information content (AvgIpc) is 3.19. The molecule has 29 heavy (non-hydrogen) atoms. The molecule has 7 heteroatoms. The maximum Gasteiger partial charge on any atom is 0.243 e. The molecule has 2 unspecified atom stereocenters. The highest BCUT2D eigenvalue weighted by Crippen LogP contribution is 2.22. The molecule has 0 saturated carbocycles. The molecule has 0 spiro atoms. The molecule has 1 heterocycles. The molecule has 3 rings (SSSR count). The number of hydrogen-bond acceptors (Lipinski definition) is 4. The zero-order valence-corrected chi connectivity index (χ0v) is 16.9. The van der Waals surface area contributed by atoms with Crippen molar-refractivity contribution in [3.63, 3.8) is 0 Å². The van der Waals surface area contributed by atoms with Crippen molar-refractivity contribution in [1.29, 1.82) is 0 Å². The third kappa shape index (κ3) is 5.71. The number of nitrogens with zero attached hydrogens (tertiary/aromatic N) is 1. The summed E-state index contributed by atoms with van der Waals surface area (Å²) in [5.41, 5.74) is 7.79. The first-order chi connectivity index (χ1) is 13.9. The van der Waals surface area contributed by atoms with E-state index in [0.29, 0.717) is 30.0 Å². The van der Waals surface area contributed by atoms with Gasteiger partial charge in [-0.15, -0.1) is 0 Å². The highest BCUT2D eigenvalue weighted by molar-refractivity contribution is 6.30. The lowest BCUT2D eigenvalue weighted by atomic mass is 10.0. The van der Waals surface area contributed by atoms with Crippen molar-refractivity contribution in [1.82, 2.24) is 10.2 Å². The molecule has 0 bridgehead atoms. The molecule has 2 aromatic carbocycles. The summed E-state index contributed by atoms with van der Waals surface area (Å²) >= 11 is 5.94. The van der Waals surface area contributed by atoms with Gasteiger partial charge >= 0.3 is 0 Å². The van der Waals surface area contributed by atoms with E-state index in [-0.39, 0.29) is 36.6 Å². The molecule has 1 saturated heterocycles. The van der Waals surface area contributed by atoms with Crippen molar-refractivity contribution < 1.29 is 14.7 Å². The number of nitrogens with two attached hydrogens (primary N) is 1. The topological polar surface area (TPSA) is 95.7 Å². The zero-order valence-electron chi connectivity index (χ0n) is 16.2. The fourth-order valence-electron chi connectivity index (χ4n) is 3.66. The van der Waals surface area contributed by atoms with Crippen LogP contribution in [-0.2, 0) is 22.6 Å². The summed E-state index contributed by atoms with van der Waals surface area (Å²) in [6, 6.07) is 13.7. The van der Waals surface area contributed by atoms with Crippen LogP contribution in [0.4, 0.5) is 0 Å². The molecule has 154 valence electrons. The highest BCUT2D eigenvalue weighted by atomic mass is 35.5. The predicted molar refractivity (Wildman–Crippen MR) is 112 cm³/mol. The number of phenols is 1. The van der Waals surface area contributed by atoms with E-state index in [0.717, 1.165) is 12.0 Å². The van der Waals surface area contributed by atoms with E-state index >= 15 is 0 Å². The van der Waals surface area contributed by atoms with Gasteiger partial charge in [0.25, 0.3) is 0 Å². The SMILES string of the molecule is NC(CC(=O)N1CCCC1C(=O)NCc1cc(Cl)ccc1O)Cc1ccccc1. The van der Waals surface area contributed by atoms with Crippen LogP contribution in [0.1, 0.15) is 30.4 Å². The average molecular weight is 416 g/mol. The van der Waals surface area contributed by atoms with E-state index in [4.69, 9.17) is 17.3 Å². The molecule has 1 aliphatic heterocycles. The van der Waals surface area contributed by atoms with Gasteiger partial charge < -0.3 is 21.1 Å². The quantitative estimate of drug-likeness (QED) is 0.647. The largest absolute Gasteiger partial charge is 0.508 e. The summed E-state index contributed by atoms with van der Waals surface area (Å²) in [6.45, 7) is 0.703. The number of phenolic OH excluding ortho intramolecular Hbond substituents is 1. The second-order valence-electron chi connectivity index (χ2n) is 7.39. The summed E-state index contributed by atoms with van der Waals surface area (Å²) in [5, 5.41) is 13.2. The number of rotatable bonds is 7. The Hall–Kier alpha value is -2.57. The maximum absolute atomic E-state index is 12.7. The number of nitrogens with one attached hydrogen (secondary N) is 1. The highest BCUT2D eigenvalue weighted by Gasteiger charge is 2.34. The fourth-order valence-corrected chi connectivity index (χ4v) is 3.86. The van der Waals surface area contributed by atoms with E-state index in [1.165, 1.54) is 6.07 Å². The number of hydrogen-bond donors (Lipinski definition) is 3. The Morgan fingerprint density at radius 3 is 2.76 bits per heavy atom. The van der Waals surface area contributed by atoms with Gasteiger partial charge in [0.2, 0.25) is 11.8 Å². The number of halogens is 1. The van der Waals surface area contributed by atoms with Crippen LogP contribution in [0.15, 0.2) is 48.5 Å². The van der Waals surface area contributed by atoms with Gasteiger partial charge in [-0.2, -0.15) is 0 Å². The second-order valence-corrected chi connectivity index (χ2v) is 7.83. The first-order valence-electron chi connectivity index (χ1n) is 9.78.